The standard InChI is InChI=1S/C15H28N2O2/c1-11(2)9-12(15(18)19)10-16-13-5-7-17(8-6-13)14-3-4-14/h11-14,16H,3-10H2,1-2H3,(H,18,19). The third kappa shape index (κ3) is 4.77. The van der Waals surface area contributed by atoms with Crippen LogP contribution in [0, 0.1) is 11.8 Å². The fourth-order valence-corrected chi connectivity index (χ4v) is 3.06. The monoisotopic (exact) mass is 268 g/mol. The van der Waals surface area contributed by atoms with Crippen LogP contribution in [0.15, 0.2) is 0 Å². The van der Waals surface area contributed by atoms with Gasteiger partial charge in [-0.2, -0.15) is 0 Å². The van der Waals surface area contributed by atoms with Gasteiger partial charge in [0.1, 0.15) is 0 Å². The number of rotatable bonds is 7. The molecule has 2 aliphatic rings. The summed E-state index contributed by atoms with van der Waals surface area (Å²) >= 11 is 0. The second-order valence-electron chi connectivity index (χ2n) is 6.61. The molecule has 110 valence electrons. The van der Waals surface area contributed by atoms with Crippen molar-refractivity contribution >= 4 is 5.97 Å². The van der Waals surface area contributed by atoms with Crippen molar-refractivity contribution in [2.45, 2.75) is 58.0 Å². The van der Waals surface area contributed by atoms with Gasteiger partial charge in [-0.1, -0.05) is 13.8 Å². The smallest absolute Gasteiger partial charge is 0.307 e. The van der Waals surface area contributed by atoms with E-state index in [-0.39, 0.29) is 5.92 Å². The minimum Gasteiger partial charge on any atom is -0.481 e. The van der Waals surface area contributed by atoms with Crippen molar-refractivity contribution < 1.29 is 9.90 Å². The predicted octanol–water partition coefficient (Wildman–Crippen LogP) is 1.95. The van der Waals surface area contributed by atoms with Gasteiger partial charge in [0.2, 0.25) is 0 Å². The Hall–Kier alpha value is -0.610. The van der Waals surface area contributed by atoms with Gasteiger partial charge in [-0.3, -0.25) is 4.79 Å². The summed E-state index contributed by atoms with van der Waals surface area (Å²) in [7, 11) is 0. The molecule has 0 aromatic carbocycles. The first kappa shape index (κ1) is 14.8. The second kappa shape index (κ2) is 6.71. The van der Waals surface area contributed by atoms with Gasteiger partial charge in [0.05, 0.1) is 5.92 Å². The van der Waals surface area contributed by atoms with E-state index in [4.69, 9.17) is 0 Å². The fourth-order valence-electron chi connectivity index (χ4n) is 3.06. The normalized spacial score (nSPS) is 23.7. The molecular weight excluding hydrogens is 240 g/mol. The van der Waals surface area contributed by atoms with Crippen LogP contribution < -0.4 is 5.32 Å². The summed E-state index contributed by atoms with van der Waals surface area (Å²) in [6.07, 6.45) is 5.87. The van der Waals surface area contributed by atoms with Crippen LogP contribution in [0.1, 0.15) is 46.0 Å². The molecule has 2 fully saturated rings. The zero-order valence-corrected chi connectivity index (χ0v) is 12.3. The maximum Gasteiger partial charge on any atom is 0.307 e. The Kier molecular flexibility index (Phi) is 5.22. The lowest BCUT2D eigenvalue weighted by Crippen LogP contribution is -2.45. The topological polar surface area (TPSA) is 52.6 Å². The number of nitrogens with zero attached hydrogens (tertiary/aromatic N) is 1. The van der Waals surface area contributed by atoms with Gasteiger partial charge >= 0.3 is 5.97 Å². The molecule has 19 heavy (non-hydrogen) atoms. The minimum atomic E-state index is -0.656. The molecule has 1 saturated carbocycles. The van der Waals surface area contributed by atoms with E-state index in [0.717, 1.165) is 12.5 Å². The number of hydrogen-bond acceptors (Lipinski definition) is 3. The lowest BCUT2D eigenvalue weighted by atomic mass is 9.96. The highest BCUT2D eigenvalue weighted by molar-refractivity contribution is 5.70. The minimum absolute atomic E-state index is 0.235. The van der Waals surface area contributed by atoms with E-state index in [0.29, 0.717) is 18.5 Å². The molecule has 1 unspecified atom stereocenters. The lowest BCUT2D eigenvalue weighted by molar-refractivity contribution is -0.142. The maximum atomic E-state index is 11.2. The Balaban J connectivity index is 1.67. The third-order valence-corrected chi connectivity index (χ3v) is 4.35. The van der Waals surface area contributed by atoms with Crippen LogP contribution in [0.4, 0.5) is 0 Å². The Morgan fingerprint density at radius 1 is 1.26 bits per heavy atom. The Morgan fingerprint density at radius 2 is 1.89 bits per heavy atom. The van der Waals surface area contributed by atoms with Crippen LogP contribution in [0.3, 0.4) is 0 Å². The van der Waals surface area contributed by atoms with Gasteiger partial charge in [-0.15, -0.1) is 0 Å². The van der Waals surface area contributed by atoms with E-state index >= 15 is 0 Å². The fraction of sp³-hybridized carbons (Fsp3) is 0.933. The molecule has 1 atom stereocenters. The van der Waals surface area contributed by atoms with Gasteiger partial charge in [-0.05, 0) is 51.1 Å². The van der Waals surface area contributed by atoms with Crippen LogP contribution in [0.5, 0.6) is 0 Å². The van der Waals surface area contributed by atoms with Crippen molar-refractivity contribution in [2.24, 2.45) is 11.8 Å². The average Bonchev–Trinajstić information content (AvgIpc) is 3.18. The van der Waals surface area contributed by atoms with Crippen molar-refractivity contribution in [1.82, 2.24) is 10.2 Å². The highest BCUT2D eigenvalue weighted by Gasteiger charge is 2.32. The number of likely N-dealkylation sites (tertiary alicyclic amines) is 1. The van der Waals surface area contributed by atoms with Crippen LogP contribution in [0.2, 0.25) is 0 Å². The Morgan fingerprint density at radius 3 is 2.37 bits per heavy atom. The number of hydrogen-bond donors (Lipinski definition) is 2. The average molecular weight is 268 g/mol. The number of carboxylic acids is 1. The molecule has 0 aromatic heterocycles. The lowest BCUT2D eigenvalue weighted by Gasteiger charge is -2.33. The highest BCUT2D eigenvalue weighted by atomic mass is 16.4. The Labute approximate surface area is 116 Å². The number of nitrogens with one attached hydrogen (secondary N) is 1. The van der Waals surface area contributed by atoms with Crippen LogP contribution in [-0.4, -0.2) is 47.7 Å². The van der Waals surface area contributed by atoms with Gasteiger partial charge in [-0.25, -0.2) is 0 Å². The van der Waals surface area contributed by atoms with E-state index in [2.05, 4.69) is 24.1 Å². The molecule has 1 saturated heterocycles. The van der Waals surface area contributed by atoms with Crippen LogP contribution >= 0.6 is 0 Å². The molecule has 4 nitrogen and oxygen atoms in total. The van der Waals surface area contributed by atoms with E-state index in [1.165, 1.54) is 38.8 Å². The van der Waals surface area contributed by atoms with Gasteiger partial charge < -0.3 is 15.3 Å². The molecule has 0 aromatic rings. The van der Waals surface area contributed by atoms with E-state index in [1.54, 1.807) is 0 Å². The molecule has 1 heterocycles. The van der Waals surface area contributed by atoms with E-state index in [1.807, 2.05) is 0 Å². The summed E-state index contributed by atoms with van der Waals surface area (Å²) in [5, 5.41) is 12.7. The molecule has 2 N–H and O–H groups in total. The summed E-state index contributed by atoms with van der Waals surface area (Å²) in [6, 6.07) is 1.39. The van der Waals surface area contributed by atoms with Crippen molar-refractivity contribution in [1.29, 1.82) is 0 Å². The summed E-state index contributed by atoms with van der Waals surface area (Å²) in [4.78, 5) is 13.8. The second-order valence-corrected chi connectivity index (χ2v) is 6.61. The predicted molar refractivity (Wildman–Crippen MR) is 76.2 cm³/mol. The SMILES string of the molecule is CC(C)CC(CNC1CCN(C2CC2)CC1)C(=O)O. The van der Waals surface area contributed by atoms with Crippen molar-refractivity contribution in [3.05, 3.63) is 0 Å². The first-order valence-corrected chi connectivity index (χ1v) is 7.76. The van der Waals surface area contributed by atoms with Crippen molar-refractivity contribution in [3.8, 4) is 0 Å². The van der Waals surface area contributed by atoms with Crippen LogP contribution in [-0.2, 0) is 4.79 Å². The summed E-state index contributed by atoms with van der Waals surface area (Å²) in [5.74, 6) is -0.447. The molecular formula is C15H28N2O2. The first-order chi connectivity index (χ1) is 9.06. The first-order valence-electron chi connectivity index (χ1n) is 7.76. The third-order valence-electron chi connectivity index (χ3n) is 4.35. The zero-order chi connectivity index (χ0) is 13.8. The molecule has 0 bridgehead atoms. The molecule has 0 radical (unpaired) electrons. The number of carboxylic acid groups (broad SMARTS) is 1. The number of carbonyl (C=O) groups is 1. The van der Waals surface area contributed by atoms with Gasteiger partial charge in [0.25, 0.3) is 0 Å². The molecule has 2 rings (SSSR count). The van der Waals surface area contributed by atoms with E-state index < -0.39 is 5.97 Å². The van der Waals surface area contributed by atoms with Gasteiger partial charge in [0.15, 0.2) is 0 Å². The van der Waals surface area contributed by atoms with E-state index in [9.17, 15) is 9.90 Å². The zero-order valence-electron chi connectivity index (χ0n) is 12.3. The molecule has 0 amide bonds. The Bertz CT molecular complexity index is 295. The van der Waals surface area contributed by atoms with Crippen molar-refractivity contribution in [2.75, 3.05) is 19.6 Å². The summed E-state index contributed by atoms with van der Waals surface area (Å²) < 4.78 is 0. The summed E-state index contributed by atoms with van der Waals surface area (Å²) in [6.45, 7) is 7.17. The number of aliphatic carboxylic acids is 1. The molecule has 4 heteroatoms. The molecule has 1 aliphatic heterocycles. The molecule has 1 aliphatic carbocycles. The largest absolute Gasteiger partial charge is 0.481 e. The highest BCUT2D eigenvalue weighted by Crippen LogP contribution is 2.29. The van der Waals surface area contributed by atoms with Crippen LogP contribution in [0.25, 0.3) is 0 Å². The number of piperidine rings is 1. The van der Waals surface area contributed by atoms with Gasteiger partial charge in [0, 0.05) is 18.6 Å². The molecule has 0 spiro atoms. The summed E-state index contributed by atoms with van der Waals surface area (Å²) in [5.41, 5.74) is 0. The maximum absolute atomic E-state index is 11.2. The quantitative estimate of drug-likeness (QED) is 0.741. The van der Waals surface area contributed by atoms with Crippen molar-refractivity contribution in [3.63, 3.8) is 0 Å².